The molecule has 192 valence electrons. The van der Waals surface area contributed by atoms with Gasteiger partial charge in [0.15, 0.2) is 12.4 Å². The summed E-state index contributed by atoms with van der Waals surface area (Å²) in [6.07, 6.45) is 6.23. The number of nitrogens with zero attached hydrogens (tertiary/aromatic N) is 4. The molecule has 38 heavy (non-hydrogen) atoms. The molecule has 10 heteroatoms. The number of rotatable bonds is 8. The molecule has 0 unspecified atom stereocenters. The SMILES string of the molecule is COCOc1ccccc1-c1cc2c(/C=C\c3ccnc(F)c3)cn(S(=O)(=O)c3ccc(C)cc3)c2nn1. The second kappa shape index (κ2) is 10.5. The van der Waals surface area contributed by atoms with Crippen LogP contribution in [0.5, 0.6) is 5.75 Å². The van der Waals surface area contributed by atoms with Crippen LogP contribution in [0.2, 0.25) is 0 Å². The Hall–Kier alpha value is -4.41. The van der Waals surface area contributed by atoms with Crippen LogP contribution >= 0.6 is 0 Å². The fourth-order valence-corrected chi connectivity index (χ4v) is 5.24. The first-order chi connectivity index (χ1) is 18.4. The van der Waals surface area contributed by atoms with Crippen LogP contribution in [-0.2, 0) is 14.8 Å². The molecule has 0 fully saturated rings. The van der Waals surface area contributed by atoms with Crippen molar-refractivity contribution in [3.05, 3.63) is 102 Å². The zero-order chi connectivity index (χ0) is 26.7. The topological polar surface area (TPSA) is 96.2 Å². The largest absolute Gasteiger partial charge is 0.467 e. The molecule has 0 saturated heterocycles. The third-order valence-electron chi connectivity index (χ3n) is 5.83. The Bertz CT molecular complexity index is 1750. The van der Waals surface area contributed by atoms with Crippen LogP contribution in [0.1, 0.15) is 16.7 Å². The fraction of sp³-hybridized carbons (Fsp3) is 0.107. The summed E-state index contributed by atoms with van der Waals surface area (Å²) in [6, 6.07) is 18.5. The molecule has 8 nitrogen and oxygen atoms in total. The van der Waals surface area contributed by atoms with Crippen LogP contribution in [0.15, 0.2) is 84.0 Å². The molecule has 0 saturated carbocycles. The van der Waals surface area contributed by atoms with Gasteiger partial charge >= 0.3 is 0 Å². The summed E-state index contributed by atoms with van der Waals surface area (Å²) in [5, 5.41) is 9.19. The van der Waals surface area contributed by atoms with Gasteiger partial charge in [0, 0.05) is 42.1 Å². The fourth-order valence-electron chi connectivity index (χ4n) is 3.92. The molecule has 0 spiro atoms. The molecule has 0 N–H and O–H groups in total. The van der Waals surface area contributed by atoms with E-state index < -0.39 is 16.0 Å². The quantitative estimate of drug-likeness (QED) is 0.198. The van der Waals surface area contributed by atoms with Crippen LogP contribution in [-0.4, -0.2) is 41.5 Å². The van der Waals surface area contributed by atoms with E-state index in [1.165, 1.54) is 25.6 Å². The standard InChI is InChI=1S/C28H23FN4O4S/c1-19-7-11-22(12-8-19)38(34,35)33-17-21(10-9-20-13-14-30-27(29)15-20)24-16-25(31-32-28(24)33)23-5-3-4-6-26(23)37-18-36-2/h3-17H,18H2,1-2H3/b10-9-. The van der Waals surface area contributed by atoms with Gasteiger partial charge in [-0.2, -0.15) is 4.39 Å². The molecular formula is C28H23FN4O4S. The molecule has 0 aliphatic rings. The molecular weight excluding hydrogens is 507 g/mol. The monoisotopic (exact) mass is 530 g/mol. The van der Waals surface area contributed by atoms with E-state index in [-0.39, 0.29) is 17.3 Å². The van der Waals surface area contributed by atoms with Gasteiger partial charge in [-0.05, 0) is 48.9 Å². The molecule has 0 amide bonds. The number of ether oxygens (including phenoxy) is 2. The van der Waals surface area contributed by atoms with Crippen molar-refractivity contribution in [1.29, 1.82) is 0 Å². The molecule has 0 aliphatic carbocycles. The Balaban J connectivity index is 1.68. The maximum Gasteiger partial charge on any atom is 0.269 e. The molecule has 2 aromatic carbocycles. The van der Waals surface area contributed by atoms with E-state index in [0.717, 1.165) is 9.54 Å². The first-order valence-electron chi connectivity index (χ1n) is 11.6. The van der Waals surface area contributed by atoms with Crippen LogP contribution in [0.25, 0.3) is 34.4 Å². The number of halogens is 1. The summed E-state index contributed by atoms with van der Waals surface area (Å²) in [5.74, 6) is -0.0728. The van der Waals surface area contributed by atoms with Gasteiger partial charge in [-0.1, -0.05) is 42.0 Å². The molecule has 3 aromatic heterocycles. The lowest BCUT2D eigenvalue weighted by atomic mass is 10.1. The zero-order valence-electron chi connectivity index (χ0n) is 20.6. The summed E-state index contributed by atoms with van der Waals surface area (Å²) in [6.45, 7) is 1.93. The molecule has 0 radical (unpaired) electrons. The highest BCUT2D eigenvalue weighted by molar-refractivity contribution is 7.90. The van der Waals surface area contributed by atoms with Gasteiger partial charge in [-0.3, -0.25) is 0 Å². The number of fused-ring (bicyclic) bond motifs is 1. The lowest BCUT2D eigenvalue weighted by Crippen LogP contribution is -2.12. The van der Waals surface area contributed by atoms with Gasteiger partial charge in [0.05, 0.1) is 10.6 Å². The van der Waals surface area contributed by atoms with Crippen molar-refractivity contribution in [3.63, 3.8) is 0 Å². The van der Waals surface area contributed by atoms with Crippen LogP contribution in [0, 0.1) is 12.9 Å². The number of aryl methyl sites for hydroxylation is 1. The zero-order valence-corrected chi connectivity index (χ0v) is 21.4. The van der Waals surface area contributed by atoms with E-state index in [1.807, 2.05) is 25.1 Å². The lowest BCUT2D eigenvalue weighted by molar-refractivity contribution is 0.0515. The first kappa shape index (κ1) is 25.2. The predicted octanol–water partition coefficient (Wildman–Crippen LogP) is 5.33. The van der Waals surface area contributed by atoms with Crippen molar-refractivity contribution in [1.82, 2.24) is 19.2 Å². The van der Waals surface area contributed by atoms with E-state index in [2.05, 4.69) is 15.2 Å². The molecule has 0 atom stereocenters. The van der Waals surface area contributed by atoms with Crippen molar-refractivity contribution in [2.45, 2.75) is 11.8 Å². The molecule has 3 heterocycles. The van der Waals surface area contributed by atoms with E-state index in [0.29, 0.717) is 33.5 Å². The normalized spacial score (nSPS) is 11.9. The molecule has 0 aliphatic heterocycles. The summed E-state index contributed by atoms with van der Waals surface area (Å²) >= 11 is 0. The maximum absolute atomic E-state index is 13.6. The minimum atomic E-state index is -3.98. The predicted molar refractivity (Wildman–Crippen MR) is 142 cm³/mol. The van der Waals surface area contributed by atoms with Gasteiger partial charge in [0.25, 0.3) is 10.0 Å². The summed E-state index contributed by atoms with van der Waals surface area (Å²) in [5.41, 5.74) is 3.37. The van der Waals surface area contributed by atoms with E-state index >= 15 is 0 Å². The van der Waals surface area contributed by atoms with Crippen molar-refractivity contribution >= 4 is 33.2 Å². The lowest BCUT2D eigenvalue weighted by Gasteiger charge is -2.10. The van der Waals surface area contributed by atoms with Gasteiger partial charge in [-0.15, -0.1) is 10.2 Å². The van der Waals surface area contributed by atoms with E-state index in [1.54, 1.807) is 54.6 Å². The third-order valence-corrected chi connectivity index (χ3v) is 7.49. The second-order valence-electron chi connectivity index (χ2n) is 8.46. The second-order valence-corrected chi connectivity index (χ2v) is 10.3. The number of pyridine rings is 1. The van der Waals surface area contributed by atoms with Crippen molar-refractivity contribution in [2.75, 3.05) is 13.9 Å². The highest BCUT2D eigenvalue weighted by Gasteiger charge is 2.23. The Morgan fingerprint density at radius 2 is 1.79 bits per heavy atom. The Kier molecular flexibility index (Phi) is 6.99. The minimum Gasteiger partial charge on any atom is -0.467 e. The van der Waals surface area contributed by atoms with E-state index in [4.69, 9.17) is 9.47 Å². The Labute approximate surface area is 219 Å². The molecule has 5 aromatic rings. The van der Waals surface area contributed by atoms with E-state index in [9.17, 15) is 12.8 Å². The van der Waals surface area contributed by atoms with Crippen LogP contribution in [0.3, 0.4) is 0 Å². The molecule has 0 bridgehead atoms. The van der Waals surface area contributed by atoms with Gasteiger partial charge in [0.2, 0.25) is 5.95 Å². The van der Waals surface area contributed by atoms with Crippen LogP contribution < -0.4 is 4.74 Å². The Morgan fingerprint density at radius 3 is 2.55 bits per heavy atom. The average Bonchev–Trinajstić information content (AvgIpc) is 3.30. The van der Waals surface area contributed by atoms with Crippen LogP contribution in [0.4, 0.5) is 4.39 Å². The van der Waals surface area contributed by atoms with Crippen molar-refractivity contribution in [3.8, 4) is 17.0 Å². The van der Waals surface area contributed by atoms with Gasteiger partial charge < -0.3 is 9.47 Å². The number of hydrogen-bond donors (Lipinski definition) is 0. The Morgan fingerprint density at radius 1 is 1.00 bits per heavy atom. The van der Waals surface area contributed by atoms with Crippen molar-refractivity contribution in [2.24, 2.45) is 0 Å². The number of methoxy groups -OCH3 is 1. The van der Waals surface area contributed by atoms with Gasteiger partial charge in [0.1, 0.15) is 5.75 Å². The van der Waals surface area contributed by atoms with Gasteiger partial charge in [-0.25, -0.2) is 17.4 Å². The number of aromatic nitrogens is 4. The highest BCUT2D eigenvalue weighted by Crippen LogP contribution is 2.33. The summed E-state index contributed by atoms with van der Waals surface area (Å²) < 4.78 is 52.6. The average molecular weight is 531 g/mol. The maximum atomic E-state index is 13.6. The number of hydrogen-bond acceptors (Lipinski definition) is 7. The molecule has 5 rings (SSSR count). The number of benzene rings is 2. The third kappa shape index (κ3) is 5.04. The number of para-hydroxylation sites is 1. The smallest absolute Gasteiger partial charge is 0.269 e. The minimum absolute atomic E-state index is 0.0499. The summed E-state index contributed by atoms with van der Waals surface area (Å²) in [7, 11) is -2.45. The van der Waals surface area contributed by atoms with Crippen molar-refractivity contribution < 1.29 is 22.3 Å². The summed E-state index contributed by atoms with van der Waals surface area (Å²) in [4.78, 5) is 3.69. The first-order valence-corrected chi connectivity index (χ1v) is 13.0. The highest BCUT2D eigenvalue weighted by atomic mass is 32.2.